The molecule has 0 unspecified atom stereocenters. The van der Waals surface area contributed by atoms with Crippen LogP contribution in [0.3, 0.4) is 0 Å². The largest absolute Gasteiger partial charge is 0.464 e. The highest BCUT2D eigenvalue weighted by Gasteiger charge is 2.21. The Morgan fingerprint density at radius 3 is 2.67 bits per heavy atom. The highest BCUT2D eigenvalue weighted by atomic mass is 127. The molecule has 0 N–H and O–H groups in total. The molecule has 0 saturated carbocycles. The van der Waals surface area contributed by atoms with Crippen LogP contribution in [0.1, 0.15) is 22.5 Å². The predicted molar refractivity (Wildman–Crippen MR) is 53.2 cm³/mol. The third-order valence-electron chi connectivity index (χ3n) is 1.58. The average molecular weight is 331 g/mol. The van der Waals surface area contributed by atoms with Crippen LogP contribution in [0.15, 0.2) is 6.07 Å². The lowest BCUT2D eigenvalue weighted by Crippen LogP contribution is -2.09. The topological polar surface area (TPSA) is 39.2 Å². The van der Waals surface area contributed by atoms with Crippen molar-refractivity contribution in [1.82, 2.24) is 4.98 Å². The van der Waals surface area contributed by atoms with Crippen molar-refractivity contribution < 1.29 is 22.7 Å². The minimum Gasteiger partial charge on any atom is -0.464 e. The highest BCUT2D eigenvalue weighted by molar-refractivity contribution is 14.1. The fourth-order valence-electron chi connectivity index (χ4n) is 0.885. The summed E-state index contributed by atoms with van der Waals surface area (Å²) in [5.41, 5.74) is -1.19. The number of halogens is 4. The number of pyridine rings is 1. The van der Waals surface area contributed by atoms with Crippen molar-refractivity contribution in [2.45, 2.75) is 6.43 Å². The van der Waals surface area contributed by atoms with E-state index < -0.39 is 23.8 Å². The lowest BCUT2D eigenvalue weighted by atomic mass is 10.2. The van der Waals surface area contributed by atoms with E-state index in [2.05, 4.69) is 9.72 Å². The number of hydrogen-bond donors (Lipinski definition) is 0. The third-order valence-corrected chi connectivity index (χ3v) is 2.29. The summed E-state index contributed by atoms with van der Waals surface area (Å²) >= 11 is 1.43. The van der Waals surface area contributed by atoms with E-state index in [0.717, 1.165) is 7.11 Å². The Labute approximate surface area is 96.8 Å². The SMILES string of the molecule is COC(=O)c1cc(C(F)F)c(F)c(I)n1. The fourth-order valence-corrected chi connectivity index (χ4v) is 1.46. The van der Waals surface area contributed by atoms with Gasteiger partial charge in [-0.25, -0.2) is 22.9 Å². The van der Waals surface area contributed by atoms with Crippen LogP contribution in [0.5, 0.6) is 0 Å². The molecule has 1 rings (SSSR count). The van der Waals surface area contributed by atoms with E-state index in [0.29, 0.717) is 6.07 Å². The molecule has 0 saturated heterocycles. The monoisotopic (exact) mass is 331 g/mol. The first kappa shape index (κ1) is 12.2. The molecule has 1 aromatic heterocycles. The zero-order valence-electron chi connectivity index (χ0n) is 7.43. The Balaban J connectivity index is 3.29. The molecule has 0 spiro atoms. The molecule has 0 atom stereocenters. The van der Waals surface area contributed by atoms with Gasteiger partial charge in [0.25, 0.3) is 6.43 Å². The second kappa shape index (κ2) is 4.77. The number of carbonyl (C=O) groups is 1. The zero-order chi connectivity index (χ0) is 11.6. The molecule has 3 nitrogen and oxygen atoms in total. The number of nitrogens with zero attached hydrogens (tertiary/aromatic N) is 1. The summed E-state index contributed by atoms with van der Waals surface area (Å²) in [6.07, 6.45) is -3.00. The van der Waals surface area contributed by atoms with E-state index in [9.17, 15) is 18.0 Å². The molecule has 0 amide bonds. The van der Waals surface area contributed by atoms with Gasteiger partial charge in [-0.2, -0.15) is 0 Å². The van der Waals surface area contributed by atoms with Gasteiger partial charge in [-0.1, -0.05) is 0 Å². The molecule has 7 heteroatoms. The maximum atomic E-state index is 13.1. The van der Waals surface area contributed by atoms with Gasteiger partial charge >= 0.3 is 5.97 Å². The number of esters is 1. The number of alkyl halides is 2. The van der Waals surface area contributed by atoms with Crippen molar-refractivity contribution in [3.8, 4) is 0 Å². The van der Waals surface area contributed by atoms with Gasteiger partial charge in [0.1, 0.15) is 9.39 Å². The smallest absolute Gasteiger partial charge is 0.356 e. The first-order valence-corrected chi connectivity index (χ1v) is 4.77. The predicted octanol–water partition coefficient (Wildman–Crippen LogP) is 2.55. The standard InChI is InChI=1S/C8H5F3INO2/c1-15-8(14)4-2-3(6(10)11)5(9)7(12)13-4/h2,6H,1H3. The average Bonchev–Trinajstić information content (AvgIpc) is 2.20. The Kier molecular flexibility index (Phi) is 3.89. The Bertz CT molecular complexity index is 398. The summed E-state index contributed by atoms with van der Waals surface area (Å²) in [6, 6.07) is 0.688. The van der Waals surface area contributed by atoms with E-state index in [-0.39, 0.29) is 9.39 Å². The number of hydrogen-bond acceptors (Lipinski definition) is 3. The van der Waals surface area contributed by atoms with Crippen molar-refractivity contribution in [2.24, 2.45) is 0 Å². The maximum Gasteiger partial charge on any atom is 0.356 e. The van der Waals surface area contributed by atoms with E-state index in [1.807, 2.05) is 0 Å². The molecule has 1 aromatic rings. The van der Waals surface area contributed by atoms with Crippen molar-refractivity contribution in [1.29, 1.82) is 0 Å². The van der Waals surface area contributed by atoms with Crippen LogP contribution in [0, 0.1) is 9.52 Å². The zero-order valence-corrected chi connectivity index (χ0v) is 9.59. The van der Waals surface area contributed by atoms with Crippen molar-refractivity contribution in [3.05, 3.63) is 26.8 Å². The lowest BCUT2D eigenvalue weighted by molar-refractivity contribution is 0.0593. The third kappa shape index (κ3) is 2.58. The number of methoxy groups -OCH3 is 1. The van der Waals surface area contributed by atoms with Crippen LogP contribution >= 0.6 is 22.6 Å². The van der Waals surface area contributed by atoms with Crippen molar-refractivity contribution in [2.75, 3.05) is 7.11 Å². The molecule has 0 aromatic carbocycles. The molecule has 0 aliphatic carbocycles. The number of aromatic nitrogens is 1. The Morgan fingerprint density at radius 2 is 2.20 bits per heavy atom. The summed E-state index contributed by atoms with van der Waals surface area (Å²) in [7, 11) is 1.09. The van der Waals surface area contributed by atoms with Crippen LogP contribution in [0.2, 0.25) is 0 Å². The fraction of sp³-hybridized carbons (Fsp3) is 0.250. The van der Waals surface area contributed by atoms with Crippen molar-refractivity contribution in [3.63, 3.8) is 0 Å². The highest BCUT2D eigenvalue weighted by Crippen LogP contribution is 2.25. The molecule has 0 bridgehead atoms. The summed E-state index contributed by atoms with van der Waals surface area (Å²) in [5.74, 6) is -1.99. The van der Waals surface area contributed by atoms with E-state index in [1.165, 1.54) is 22.6 Å². The molecule has 0 aliphatic rings. The first-order chi connectivity index (χ1) is 6.97. The normalized spacial score (nSPS) is 10.5. The van der Waals surface area contributed by atoms with Crippen LogP contribution in [0.25, 0.3) is 0 Å². The minimum absolute atomic E-state index is 0.286. The van der Waals surface area contributed by atoms with E-state index in [1.54, 1.807) is 0 Å². The molecule has 82 valence electrons. The summed E-state index contributed by atoms with van der Waals surface area (Å²) in [5, 5.41) is 0. The van der Waals surface area contributed by atoms with Gasteiger partial charge in [0.2, 0.25) is 0 Å². The molecular weight excluding hydrogens is 326 g/mol. The molecular formula is C8H5F3INO2. The van der Waals surface area contributed by atoms with Gasteiger partial charge < -0.3 is 4.74 Å². The lowest BCUT2D eigenvalue weighted by Gasteiger charge is -2.05. The first-order valence-electron chi connectivity index (χ1n) is 3.69. The van der Waals surface area contributed by atoms with Gasteiger partial charge in [-0.05, 0) is 28.7 Å². The van der Waals surface area contributed by atoms with Gasteiger partial charge in [0.05, 0.1) is 12.7 Å². The second-order valence-corrected chi connectivity index (χ2v) is 3.52. The quantitative estimate of drug-likeness (QED) is 0.475. The van der Waals surface area contributed by atoms with Gasteiger partial charge in [-0.3, -0.25) is 0 Å². The summed E-state index contributed by atoms with van der Waals surface area (Å²) < 4.78 is 41.8. The van der Waals surface area contributed by atoms with Gasteiger partial charge in [0.15, 0.2) is 5.82 Å². The summed E-state index contributed by atoms with van der Waals surface area (Å²) in [4.78, 5) is 14.5. The van der Waals surface area contributed by atoms with Crippen LogP contribution in [-0.4, -0.2) is 18.1 Å². The number of rotatable bonds is 2. The minimum atomic E-state index is -3.00. The number of carbonyl (C=O) groups excluding carboxylic acids is 1. The molecule has 15 heavy (non-hydrogen) atoms. The van der Waals surface area contributed by atoms with Gasteiger partial charge in [0, 0.05) is 0 Å². The maximum absolute atomic E-state index is 13.1. The second-order valence-electron chi connectivity index (χ2n) is 2.49. The van der Waals surface area contributed by atoms with Crippen molar-refractivity contribution >= 4 is 28.6 Å². The van der Waals surface area contributed by atoms with E-state index in [4.69, 9.17) is 0 Å². The molecule has 0 fully saturated rings. The van der Waals surface area contributed by atoms with Gasteiger partial charge in [-0.15, -0.1) is 0 Å². The molecule has 0 radical (unpaired) electrons. The molecule has 1 heterocycles. The van der Waals surface area contributed by atoms with Crippen LogP contribution in [0.4, 0.5) is 13.2 Å². The number of ether oxygens (including phenoxy) is 1. The van der Waals surface area contributed by atoms with Crippen LogP contribution in [-0.2, 0) is 4.74 Å². The van der Waals surface area contributed by atoms with E-state index >= 15 is 0 Å². The van der Waals surface area contributed by atoms with Crippen LogP contribution < -0.4 is 0 Å². The summed E-state index contributed by atoms with van der Waals surface area (Å²) in [6.45, 7) is 0. The Hall–Kier alpha value is -0.860. The molecule has 0 aliphatic heterocycles. The Morgan fingerprint density at radius 1 is 1.60 bits per heavy atom.